The molecule has 0 saturated carbocycles. The zero-order chi connectivity index (χ0) is 22.5. The molecule has 4 aromatic rings. The molecule has 1 heterocycles. The zero-order valence-electron chi connectivity index (χ0n) is 17.8. The van der Waals surface area contributed by atoms with Crippen molar-refractivity contribution in [3.8, 4) is 17.1 Å². The molecule has 0 aliphatic carbocycles. The van der Waals surface area contributed by atoms with Crippen LogP contribution >= 0.6 is 11.8 Å². The molecule has 0 saturated heterocycles. The van der Waals surface area contributed by atoms with Gasteiger partial charge in [0.05, 0.1) is 17.4 Å². The monoisotopic (exact) mass is 446 g/mol. The van der Waals surface area contributed by atoms with Crippen molar-refractivity contribution in [3.63, 3.8) is 0 Å². The van der Waals surface area contributed by atoms with Gasteiger partial charge < -0.3 is 5.32 Å². The highest BCUT2D eigenvalue weighted by molar-refractivity contribution is 7.99. The maximum Gasteiger partial charge on any atom is 0.230 e. The first-order valence-corrected chi connectivity index (χ1v) is 11.3. The van der Waals surface area contributed by atoms with Gasteiger partial charge in [-0.25, -0.2) is 4.39 Å². The minimum absolute atomic E-state index is 0.103. The SMILES string of the molecule is Cc1ccc(-n2c(SCC(=O)NC(C)c3ccccc3)nnc2-c2ccccc2F)cc1. The summed E-state index contributed by atoms with van der Waals surface area (Å²) in [5.74, 6) is 0.0716. The van der Waals surface area contributed by atoms with E-state index in [9.17, 15) is 9.18 Å². The Morgan fingerprint density at radius 1 is 1.00 bits per heavy atom. The highest BCUT2D eigenvalue weighted by Crippen LogP contribution is 2.29. The summed E-state index contributed by atoms with van der Waals surface area (Å²) in [7, 11) is 0. The van der Waals surface area contributed by atoms with Crippen LogP contribution in [0.25, 0.3) is 17.1 Å². The summed E-state index contributed by atoms with van der Waals surface area (Å²) in [6.45, 7) is 3.95. The maximum absolute atomic E-state index is 14.5. The first-order chi connectivity index (χ1) is 15.5. The Labute approximate surface area is 190 Å². The summed E-state index contributed by atoms with van der Waals surface area (Å²) < 4.78 is 16.3. The molecule has 1 N–H and O–H groups in total. The summed E-state index contributed by atoms with van der Waals surface area (Å²) in [6, 6.07) is 24.0. The summed E-state index contributed by atoms with van der Waals surface area (Å²) in [5.41, 5.74) is 3.31. The molecule has 1 aromatic heterocycles. The number of nitrogens with one attached hydrogen (secondary N) is 1. The molecule has 0 aliphatic rings. The maximum atomic E-state index is 14.5. The van der Waals surface area contributed by atoms with Crippen molar-refractivity contribution in [2.45, 2.75) is 25.0 Å². The number of halogens is 1. The Hall–Kier alpha value is -3.45. The van der Waals surface area contributed by atoms with Crippen molar-refractivity contribution in [1.82, 2.24) is 20.1 Å². The topological polar surface area (TPSA) is 59.8 Å². The van der Waals surface area contributed by atoms with Crippen LogP contribution in [-0.2, 0) is 4.79 Å². The molecule has 3 aromatic carbocycles. The first-order valence-electron chi connectivity index (χ1n) is 10.3. The Morgan fingerprint density at radius 2 is 1.69 bits per heavy atom. The lowest BCUT2D eigenvalue weighted by molar-refractivity contribution is -0.119. The molecule has 5 nitrogen and oxygen atoms in total. The molecule has 32 heavy (non-hydrogen) atoms. The standard InChI is InChI=1S/C25H23FN4OS/c1-17-12-14-20(15-13-17)30-24(21-10-6-7-11-22(21)26)28-29-25(30)32-16-23(31)27-18(2)19-8-4-3-5-9-19/h3-15,18H,16H2,1-2H3,(H,27,31). The minimum Gasteiger partial charge on any atom is -0.349 e. The van der Waals surface area contributed by atoms with Gasteiger partial charge in [-0.1, -0.05) is 71.9 Å². The number of rotatable bonds is 7. The van der Waals surface area contributed by atoms with E-state index >= 15 is 0 Å². The number of aryl methyl sites for hydroxylation is 1. The lowest BCUT2D eigenvalue weighted by Gasteiger charge is -2.14. The van der Waals surface area contributed by atoms with Crippen LogP contribution in [0.4, 0.5) is 4.39 Å². The number of amides is 1. The third-order valence-corrected chi connectivity index (χ3v) is 5.98. The number of carbonyl (C=O) groups excluding carboxylic acids is 1. The predicted molar refractivity (Wildman–Crippen MR) is 125 cm³/mol. The smallest absolute Gasteiger partial charge is 0.230 e. The van der Waals surface area contributed by atoms with Crippen molar-refractivity contribution in [2.75, 3.05) is 5.75 Å². The van der Waals surface area contributed by atoms with Gasteiger partial charge in [-0.3, -0.25) is 9.36 Å². The van der Waals surface area contributed by atoms with Gasteiger partial charge >= 0.3 is 0 Å². The van der Waals surface area contributed by atoms with Gasteiger partial charge in [-0.2, -0.15) is 0 Å². The van der Waals surface area contributed by atoms with Crippen molar-refractivity contribution in [2.24, 2.45) is 0 Å². The van der Waals surface area contributed by atoms with Crippen molar-refractivity contribution >= 4 is 17.7 Å². The number of aromatic nitrogens is 3. The second kappa shape index (κ2) is 9.78. The molecular formula is C25H23FN4OS. The van der Waals surface area contributed by atoms with E-state index in [1.807, 2.05) is 68.4 Å². The van der Waals surface area contributed by atoms with E-state index in [-0.39, 0.29) is 23.5 Å². The summed E-state index contributed by atoms with van der Waals surface area (Å²) in [6.07, 6.45) is 0. The lowest BCUT2D eigenvalue weighted by Crippen LogP contribution is -2.28. The van der Waals surface area contributed by atoms with E-state index in [2.05, 4.69) is 15.5 Å². The molecule has 0 spiro atoms. The highest BCUT2D eigenvalue weighted by atomic mass is 32.2. The number of nitrogens with zero attached hydrogens (tertiary/aromatic N) is 3. The van der Waals surface area contributed by atoms with Crippen LogP contribution in [0, 0.1) is 12.7 Å². The fourth-order valence-electron chi connectivity index (χ4n) is 3.35. The van der Waals surface area contributed by atoms with Gasteiger partial charge in [-0.05, 0) is 43.7 Å². The van der Waals surface area contributed by atoms with Gasteiger partial charge in [0.25, 0.3) is 0 Å². The predicted octanol–water partition coefficient (Wildman–Crippen LogP) is 5.35. The Kier molecular flexibility index (Phi) is 6.66. The average molecular weight is 447 g/mol. The molecule has 0 radical (unpaired) electrons. The second-order valence-corrected chi connectivity index (χ2v) is 8.39. The molecule has 0 fully saturated rings. The van der Waals surface area contributed by atoms with Gasteiger partial charge in [0, 0.05) is 5.69 Å². The second-order valence-electron chi connectivity index (χ2n) is 7.45. The van der Waals surface area contributed by atoms with E-state index in [4.69, 9.17) is 0 Å². The number of hydrogen-bond donors (Lipinski definition) is 1. The number of hydrogen-bond acceptors (Lipinski definition) is 4. The number of benzene rings is 3. The molecular weight excluding hydrogens is 423 g/mol. The largest absolute Gasteiger partial charge is 0.349 e. The van der Waals surface area contributed by atoms with E-state index in [0.717, 1.165) is 16.8 Å². The lowest BCUT2D eigenvalue weighted by atomic mass is 10.1. The Bertz CT molecular complexity index is 1210. The summed E-state index contributed by atoms with van der Waals surface area (Å²) in [4.78, 5) is 12.6. The molecule has 162 valence electrons. The van der Waals surface area contributed by atoms with Crippen LogP contribution in [-0.4, -0.2) is 26.4 Å². The van der Waals surface area contributed by atoms with Crippen LogP contribution in [0.15, 0.2) is 84.0 Å². The Morgan fingerprint density at radius 3 is 2.41 bits per heavy atom. The molecule has 0 bridgehead atoms. The van der Waals surface area contributed by atoms with Gasteiger partial charge in [0.15, 0.2) is 11.0 Å². The quantitative estimate of drug-likeness (QED) is 0.389. The van der Waals surface area contributed by atoms with Crippen molar-refractivity contribution in [3.05, 3.63) is 95.8 Å². The molecule has 1 atom stereocenters. The van der Waals surface area contributed by atoms with Gasteiger partial charge in [0.1, 0.15) is 5.82 Å². The summed E-state index contributed by atoms with van der Waals surface area (Å²) in [5, 5.41) is 12.1. The third-order valence-electron chi connectivity index (χ3n) is 5.05. The van der Waals surface area contributed by atoms with Crippen LogP contribution < -0.4 is 5.32 Å². The number of thioether (sulfide) groups is 1. The normalized spacial score (nSPS) is 11.8. The molecule has 1 unspecified atom stereocenters. The highest BCUT2D eigenvalue weighted by Gasteiger charge is 2.20. The van der Waals surface area contributed by atoms with Crippen LogP contribution in [0.2, 0.25) is 0 Å². The Balaban J connectivity index is 1.58. The first kappa shape index (κ1) is 21.8. The van der Waals surface area contributed by atoms with E-state index in [1.165, 1.54) is 17.8 Å². The van der Waals surface area contributed by atoms with E-state index in [0.29, 0.717) is 16.5 Å². The number of carbonyl (C=O) groups is 1. The molecule has 0 aliphatic heterocycles. The summed E-state index contributed by atoms with van der Waals surface area (Å²) >= 11 is 1.27. The zero-order valence-corrected chi connectivity index (χ0v) is 18.6. The van der Waals surface area contributed by atoms with Crippen molar-refractivity contribution < 1.29 is 9.18 Å². The van der Waals surface area contributed by atoms with E-state index in [1.54, 1.807) is 22.8 Å². The molecule has 4 rings (SSSR count). The molecule has 7 heteroatoms. The third kappa shape index (κ3) is 4.89. The van der Waals surface area contributed by atoms with Gasteiger partial charge in [-0.15, -0.1) is 10.2 Å². The van der Waals surface area contributed by atoms with Gasteiger partial charge in [0.2, 0.25) is 5.91 Å². The average Bonchev–Trinajstić information content (AvgIpc) is 3.23. The minimum atomic E-state index is -0.376. The van der Waals surface area contributed by atoms with Crippen LogP contribution in [0.1, 0.15) is 24.1 Å². The fourth-order valence-corrected chi connectivity index (χ4v) is 4.11. The van der Waals surface area contributed by atoms with Crippen molar-refractivity contribution in [1.29, 1.82) is 0 Å². The fraction of sp³-hybridized carbons (Fsp3) is 0.160. The molecule has 1 amide bonds. The van der Waals surface area contributed by atoms with E-state index < -0.39 is 0 Å². The van der Waals surface area contributed by atoms with Crippen LogP contribution in [0.5, 0.6) is 0 Å². The van der Waals surface area contributed by atoms with Crippen LogP contribution in [0.3, 0.4) is 0 Å².